The lowest BCUT2D eigenvalue weighted by molar-refractivity contribution is -0.119. The van der Waals surface area contributed by atoms with Crippen LogP contribution in [0, 0.1) is 11.8 Å². The van der Waals surface area contributed by atoms with Crippen molar-refractivity contribution < 1.29 is 19.1 Å². The number of aryl methyl sites for hydroxylation is 1. The Hall–Kier alpha value is -2.38. The zero-order chi connectivity index (χ0) is 23.2. The summed E-state index contributed by atoms with van der Waals surface area (Å²) in [7, 11) is 1.86. The van der Waals surface area contributed by atoms with E-state index in [0.717, 1.165) is 29.6 Å². The van der Waals surface area contributed by atoms with Gasteiger partial charge in [-0.25, -0.2) is 4.79 Å². The maximum atomic E-state index is 13.1. The highest BCUT2D eigenvalue weighted by molar-refractivity contribution is 6.00. The number of amides is 1. The molecule has 7 nitrogen and oxygen atoms in total. The van der Waals surface area contributed by atoms with Crippen LogP contribution < -0.4 is 10.6 Å². The van der Waals surface area contributed by atoms with Crippen molar-refractivity contribution >= 4 is 28.5 Å². The van der Waals surface area contributed by atoms with Gasteiger partial charge in [0, 0.05) is 43.3 Å². The lowest BCUT2D eigenvalue weighted by atomic mass is 9.76. The number of anilines is 1. The van der Waals surface area contributed by atoms with Crippen LogP contribution in [0.3, 0.4) is 0 Å². The first-order valence-electron chi connectivity index (χ1n) is 12.5. The van der Waals surface area contributed by atoms with E-state index in [1.807, 2.05) is 42.8 Å². The van der Waals surface area contributed by atoms with Crippen LogP contribution in [0.1, 0.15) is 62.4 Å². The monoisotopic (exact) mass is 455 g/mol. The van der Waals surface area contributed by atoms with Crippen molar-refractivity contribution in [2.24, 2.45) is 18.9 Å². The van der Waals surface area contributed by atoms with Gasteiger partial charge < -0.3 is 24.7 Å². The highest BCUT2D eigenvalue weighted by Gasteiger charge is 2.38. The van der Waals surface area contributed by atoms with Gasteiger partial charge in [-0.2, -0.15) is 0 Å². The van der Waals surface area contributed by atoms with Gasteiger partial charge in [0.05, 0.1) is 12.6 Å². The first kappa shape index (κ1) is 23.8. The van der Waals surface area contributed by atoms with Gasteiger partial charge in [-0.15, -0.1) is 0 Å². The summed E-state index contributed by atoms with van der Waals surface area (Å²) in [6.45, 7) is 4.43. The normalized spacial score (nSPS) is 21.4. The molecule has 2 aromatic rings. The molecule has 0 spiro atoms. The van der Waals surface area contributed by atoms with Crippen LogP contribution >= 0.6 is 0 Å². The van der Waals surface area contributed by atoms with Crippen LogP contribution in [0.5, 0.6) is 0 Å². The number of carbonyl (C=O) groups is 2. The summed E-state index contributed by atoms with van der Waals surface area (Å²) in [5, 5.41) is 7.45. The van der Waals surface area contributed by atoms with E-state index in [2.05, 4.69) is 10.6 Å². The van der Waals surface area contributed by atoms with E-state index >= 15 is 0 Å². The third-order valence-corrected chi connectivity index (χ3v) is 7.20. The fraction of sp³-hybridized carbons (Fsp3) is 0.615. The molecule has 2 aliphatic rings. The van der Waals surface area contributed by atoms with E-state index in [0.29, 0.717) is 43.8 Å². The lowest BCUT2D eigenvalue weighted by Crippen LogP contribution is -2.42. The number of nitrogens with one attached hydrogen (secondary N) is 2. The Morgan fingerprint density at radius 3 is 2.73 bits per heavy atom. The maximum Gasteiger partial charge on any atom is 0.354 e. The summed E-state index contributed by atoms with van der Waals surface area (Å²) in [5.74, 6) is 0.784. The molecule has 1 unspecified atom stereocenters. The van der Waals surface area contributed by atoms with E-state index in [-0.39, 0.29) is 17.9 Å². The summed E-state index contributed by atoms with van der Waals surface area (Å²) in [6, 6.07) is 7.49. The van der Waals surface area contributed by atoms with Crippen molar-refractivity contribution in [3.63, 3.8) is 0 Å². The topological polar surface area (TPSA) is 81.6 Å². The molecule has 2 heterocycles. The van der Waals surface area contributed by atoms with Crippen LogP contribution in [-0.4, -0.2) is 48.9 Å². The number of hydrogen-bond donors (Lipinski definition) is 2. The molecule has 2 fully saturated rings. The van der Waals surface area contributed by atoms with Crippen LogP contribution in [-0.2, 0) is 21.3 Å². The Bertz CT molecular complexity index is 964. The second kappa shape index (κ2) is 11.2. The Labute approximate surface area is 196 Å². The fourth-order valence-corrected chi connectivity index (χ4v) is 5.47. The molecule has 0 bridgehead atoms. The molecular formula is C26H37N3O4. The molecule has 7 heteroatoms. The molecule has 1 aromatic heterocycles. The Morgan fingerprint density at radius 1 is 1.12 bits per heavy atom. The number of aromatic nitrogens is 1. The van der Waals surface area contributed by atoms with E-state index in [1.165, 1.54) is 32.1 Å². The molecule has 2 atom stereocenters. The summed E-state index contributed by atoms with van der Waals surface area (Å²) >= 11 is 0. The van der Waals surface area contributed by atoms with Crippen LogP contribution in [0.2, 0.25) is 0 Å². The lowest BCUT2D eigenvalue weighted by Gasteiger charge is -2.30. The van der Waals surface area contributed by atoms with Gasteiger partial charge in [0.25, 0.3) is 0 Å². The summed E-state index contributed by atoms with van der Waals surface area (Å²) in [6.07, 6.45) is 8.16. The number of rotatable bonds is 9. The van der Waals surface area contributed by atoms with Gasteiger partial charge in [-0.3, -0.25) is 4.79 Å². The molecule has 1 aromatic carbocycles. The number of carbonyl (C=O) groups excluding carboxylic acids is 2. The SMILES string of the molecule is CCOCCCOC(=O)c1cc2cc(NC(=O)[C@H]3NCCC3C3CCCCC3)ccc2n1C. The summed E-state index contributed by atoms with van der Waals surface area (Å²) in [4.78, 5) is 25.6. The zero-order valence-electron chi connectivity index (χ0n) is 19.9. The number of fused-ring (bicyclic) bond motifs is 1. The number of benzene rings is 1. The molecule has 0 radical (unpaired) electrons. The van der Waals surface area contributed by atoms with Crippen LogP contribution in [0.15, 0.2) is 24.3 Å². The minimum atomic E-state index is -0.346. The second-order valence-corrected chi connectivity index (χ2v) is 9.32. The number of ether oxygens (including phenoxy) is 2. The molecule has 4 rings (SSSR count). The molecular weight excluding hydrogens is 418 g/mol. The van der Waals surface area contributed by atoms with Crippen molar-refractivity contribution in [3.8, 4) is 0 Å². The van der Waals surface area contributed by atoms with Crippen molar-refractivity contribution in [3.05, 3.63) is 30.0 Å². The van der Waals surface area contributed by atoms with Crippen molar-refractivity contribution in [1.29, 1.82) is 0 Å². The molecule has 1 saturated heterocycles. The Balaban J connectivity index is 1.40. The molecule has 1 aliphatic carbocycles. The van der Waals surface area contributed by atoms with Crippen LogP contribution in [0.4, 0.5) is 5.69 Å². The Morgan fingerprint density at radius 2 is 1.94 bits per heavy atom. The first-order chi connectivity index (χ1) is 16.1. The second-order valence-electron chi connectivity index (χ2n) is 9.32. The van der Waals surface area contributed by atoms with Crippen molar-refractivity contribution in [1.82, 2.24) is 9.88 Å². The predicted molar refractivity (Wildman–Crippen MR) is 129 cm³/mol. The zero-order valence-corrected chi connectivity index (χ0v) is 19.9. The smallest absolute Gasteiger partial charge is 0.354 e. The Kier molecular flexibility index (Phi) is 8.04. The molecule has 1 aliphatic heterocycles. The molecule has 2 N–H and O–H groups in total. The highest BCUT2D eigenvalue weighted by atomic mass is 16.5. The van der Waals surface area contributed by atoms with Gasteiger partial charge >= 0.3 is 5.97 Å². The molecule has 33 heavy (non-hydrogen) atoms. The number of hydrogen-bond acceptors (Lipinski definition) is 5. The standard InChI is InChI=1S/C26H37N3O4/c1-3-32-14-7-15-33-26(31)23-17-19-16-20(10-11-22(19)29(23)2)28-25(30)24-21(12-13-27-24)18-8-5-4-6-9-18/h10-11,16-18,21,24,27H,3-9,12-15H2,1-2H3,(H,28,30)/t21?,24-/m0/s1. The quantitative estimate of drug-likeness (QED) is 0.436. The first-order valence-corrected chi connectivity index (χ1v) is 12.5. The maximum absolute atomic E-state index is 13.1. The average Bonchev–Trinajstić information content (AvgIpc) is 3.44. The highest BCUT2D eigenvalue weighted by Crippen LogP contribution is 2.36. The minimum absolute atomic E-state index is 0.0484. The number of esters is 1. The van der Waals surface area contributed by atoms with Gasteiger partial charge in [-0.05, 0) is 56.0 Å². The fourth-order valence-electron chi connectivity index (χ4n) is 5.47. The summed E-state index contributed by atoms with van der Waals surface area (Å²) < 4.78 is 12.5. The van der Waals surface area contributed by atoms with Gasteiger partial charge in [0.1, 0.15) is 5.69 Å². The van der Waals surface area contributed by atoms with Gasteiger partial charge in [-0.1, -0.05) is 32.1 Å². The van der Waals surface area contributed by atoms with E-state index in [4.69, 9.17) is 9.47 Å². The predicted octanol–water partition coefficient (Wildman–Crippen LogP) is 4.26. The largest absolute Gasteiger partial charge is 0.461 e. The third kappa shape index (κ3) is 5.58. The van der Waals surface area contributed by atoms with Gasteiger partial charge in [0.15, 0.2) is 0 Å². The van der Waals surface area contributed by atoms with Crippen molar-refractivity contribution in [2.75, 3.05) is 31.7 Å². The van der Waals surface area contributed by atoms with Gasteiger partial charge in [0.2, 0.25) is 5.91 Å². The molecule has 180 valence electrons. The molecule has 1 saturated carbocycles. The number of nitrogens with zero attached hydrogens (tertiary/aromatic N) is 1. The summed E-state index contributed by atoms with van der Waals surface area (Å²) in [5.41, 5.74) is 2.18. The van der Waals surface area contributed by atoms with Crippen LogP contribution in [0.25, 0.3) is 10.9 Å². The molecule has 1 amide bonds. The minimum Gasteiger partial charge on any atom is -0.461 e. The van der Waals surface area contributed by atoms with E-state index in [9.17, 15) is 9.59 Å². The third-order valence-electron chi connectivity index (χ3n) is 7.20. The van der Waals surface area contributed by atoms with E-state index in [1.54, 1.807) is 0 Å². The average molecular weight is 456 g/mol. The van der Waals surface area contributed by atoms with Crippen molar-refractivity contribution in [2.45, 2.75) is 57.9 Å². The van der Waals surface area contributed by atoms with E-state index < -0.39 is 0 Å².